The largest absolute Gasteiger partial charge is 0.312 e. The number of aliphatic imine (C=N–C) groups is 2. The first-order valence-electron chi connectivity index (χ1n) is 14.3. The van der Waals surface area contributed by atoms with Crippen molar-refractivity contribution in [3.05, 3.63) is 125 Å². The van der Waals surface area contributed by atoms with Gasteiger partial charge in [-0.15, -0.1) is 0 Å². The lowest BCUT2D eigenvalue weighted by molar-refractivity contribution is 0.661. The van der Waals surface area contributed by atoms with Gasteiger partial charge in [0.25, 0.3) is 0 Å². The van der Waals surface area contributed by atoms with Gasteiger partial charge in [-0.05, 0) is 60.4 Å². The van der Waals surface area contributed by atoms with Crippen LogP contribution < -0.4 is 0 Å². The second-order valence-electron chi connectivity index (χ2n) is 11.4. The highest BCUT2D eigenvalue weighted by atomic mass is 15.0. The van der Waals surface area contributed by atoms with E-state index in [2.05, 4.69) is 108 Å². The van der Waals surface area contributed by atoms with Gasteiger partial charge in [0.15, 0.2) is 11.7 Å². The van der Waals surface area contributed by atoms with Crippen molar-refractivity contribution in [2.45, 2.75) is 38.5 Å². The Morgan fingerprint density at radius 3 is 2.39 bits per heavy atom. The van der Waals surface area contributed by atoms with E-state index in [1.54, 1.807) is 0 Å². The van der Waals surface area contributed by atoms with Gasteiger partial charge in [-0.25, -0.2) is 9.98 Å². The van der Waals surface area contributed by atoms with Crippen LogP contribution in [0.3, 0.4) is 0 Å². The Morgan fingerprint density at radius 1 is 0.805 bits per heavy atom. The maximum absolute atomic E-state index is 8.51. The molecule has 0 saturated heterocycles. The first-order chi connectivity index (χ1) is 20.0. The summed E-state index contributed by atoms with van der Waals surface area (Å²) in [5.41, 5.74) is 10.9. The number of hydrogen-bond acceptors (Lipinski definition) is 1. The van der Waals surface area contributed by atoms with E-state index in [0.717, 1.165) is 30.4 Å². The molecule has 200 valence electrons. The normalized spacial score (nSPS) is 16.1. The monoisotopic (exact) mass is 532 g/mol. The Balaban J connectivity index is 1.42. The molecule has 1 heterocycles. The summed E-state index contributed by atoms with van der Waals surface area (Å²) >= 11 is 0. The molecule has 0 amide bonds. The Morgan fingerprint density at radius 2 is 1.56 bits per heavy atom. The molecule has 2 aliphatic carbocycles. The first kappa shape index (κ1) is 25.2. The zero-order valence-electron chi connectivity index (χ0n) is 23.5. The number of fused-ring (bicyclic) bond motifs is 7. The average Bonchev–Trinajstić information content (AvgIpc) is 3.32. The van der Waals surface area contributed by atoms with Crippen LogP contribution in [0.25, 0.3) is 38.6 Å². The van der Waals surface area contributed by atoms with Gasteiger partial charge in [-0.2, -0.15) is 0 Å². The van der Waals surface area contributed by atoms with Gasteiger partial charge < -0.3 is 4.57 Å². The smallest absolute Gasteiger partial charge is 0.156 e. The molecule has 0 aliphatic heterocycles. The average molecular weight is 533 g/mol. The maximum Gasteiger partial charge on any atom is 0.156 e. The highest BCUT2D eigenvalue weighted by Crippen LogP contribution is 2.53. The molecule has 4 nitrogen and oxygen atoms in total. The minimum absolute atomic E-state index is 0.0590. The standard InChI is InChI=1S/C37H32N4/c1-37(2)30-18-9-7-17-29(30)33-31(37)23-22-28-27-16-8-10-19-32(27)41(34(28)33)26-15-11-14-25(20-21-26)36(39-3)40-35(38)24-12-5-4-6-13-24/h4-10,12-13,16-23,38H,3,11,14-15H2,1-2H3. The number of rotatable bonds is 3. The predicted molar refractivity (Wildman–Crippen MR) is 173 cm³/mol. The fraction of sp³-hybridized carbons (Fsp3) is 0.162. The summed E-state index contributed by atoms with van der Waals surface area (Å²) in [5, 5.41) is 11.1. The molecule has 0 unspecified atom stereocenters. The summed E-state index contributed by atoms with van der Waals surface area (Å²) in [6, 6.07) is 31.9. The van der Waals surface area contributed by atoms with Gasteiger partial charge in [-0.3, -0.25) is 5.41 Å². The lowest BCUT2D eigenvalue weighted by atomic mass is 9.82. The molecule has 0 saturated carbocycles. The fourth-order valence-corrected chi connectivity index (χ4v) is 6.71. The molecular formula is C37H32N4. The number of allylic oxidation sites excluding steroid dienone is 3. The summed E-state index contributed by atoms with van der Waals surface area (Å²) in [7, 11) is 0. The molecule has 0 spiro atoms. The number of nitrogens with zero attached hydrogens (tertiary/aromatic N) is 3. The summed E-state index contributed by atoms with van der Waals surface area (Å²) in [5.74, 6) is 0.719. The highest BCUT2D eigenvalue weighted by Gasteiger charge is 2.37. The summed E-state index contributed by atoms with van der Waals surface area (Å²) < 4.78 is 2.49. The zero-order chi connectivity index (χ0) is 28.1. The van der Waals surface area contributed by atoms with Crippen LogP contribution in [0.1, 0.15) is 49.8 Å². The van der Waals surface area contributed by atoms with Crippen molar-refractivity contribution in [3.63, 3.8) is 0 Å². The number of benzene rings is 4. The topological polar surface area (TPSA) is 53.5 Å². The lowest BCUT2D eigenvalue weighted by Gasteiger charge is -2.21. The van der Waals surface area contributed by atoms with Crippen molar-refractivity contribution in [2.75, 3.05) is 0 Å². The molecule has 41 heavy (non-hydrogen) atoms. The van der Waals surface area contributed by atoms with E-state index in [1.807, 2.05) is 30.3 Å². The Labute approximate surface area is 240 Å². The minimum Gasteiger partial charge on any atom is -0.312 e. The number of para-hydroxylation sites is 1. The summed E-state index contributed by atoms with van der Waals surface area (Å²) in [6.07, 6.45) is 7.06. The van der Waals surface area contributed by atoms with Crippen LogP contribution in [-0.2, 0) is 5.41 Å². The molecule has 0 fully saturated rings. The number of aromatic nitrogens is 1. The number of hydrogen-bond donors (Lipinski definition) is 1. The van der Waals surface area contributed by atoms with Gasteiger partial charge in [0, 0.05) is 33.0 Å². The molecule has 2 aliphatic rings. The van der Waals surface area contributed by atoms with Crippen LogP contribution in [0.15, 0.2) is 119 Å². The van der Waals surface area contributed by atoms with Crippen molar-refractivity contribution < 1.29 is 0 Å². The van der Waals surface area contributed by atoms with Crippen molar-refractivity contribution in [1.82, 2.24) is 4.57 Å². The van der Waals surface area contributed by atoms with E-state index in [4.69, 9.17) is 5.41 Å². The third-order valence-corrected chi connectivity index (χ3v) is 8.72. The van der Waals surface area contributed by atoms with Crippen LogP contribution >= 0.6 is 0 Å². The second-order valence-corrected chi connectivity index (χ2v) is 11.4. The van der Waals surface area contributed by atoms with Crippen molar-refractivity contribution >= 4 is 45.9 Å². The molecule has 4 aromatic carbocycles. The van der Waals surface area contributed by atoms with Crippen LogP contribution in [0.5, 0.6) is 0 Å². The molecule has 0 bridgehead atoms. The van der Waals surface area contributed by atoms with E-state index in [-0.39, 0.29) is 11.3 Å². The third-order valence-electron chi connectivity index (χ3n) is 8.72. The van der Waals surface area contributed by atoms with Crippen LogP contribution in [0.2, 0.25) is 0 Å². The van der Waals surface area contributed by atoms with E-state index in [0.29, 0.717) is 5.84 Å². The van der Waals surface area contributed by atoms with Gasteiger partial charge in [0.2, 0.25) is 0 Å². The summed E-state index contributed by atoms with van der Waals surface area (Å²) in [4.78, 5) is 8.82. The SMILES string of the molecule is C=NC(=NC(=N)c1ccccc1)C1=CC=C(n2c3ccccc3c3ccc4c(c32)-c2ccccc2C4(C)C)CCC1. The molecule has 7 rings (SSSR count). The first-order valence-corrected chi connectivity index (χ1v) is 14.3. The van der Waals surface area contributed by atoms with Gasteiger partial charge in [-0.1, -0.05) is 105 Å². The fourth-order valence-electron chi connectivity index (χ4n) is 6.71. The quantitative estimate of drug-likeness (QED) is 0.178. The third kappa shape index (κ3) is 3.93. The summed E-state index contributed by atoms with van der Waals surface area (Å²) in [6.45, 7) is 8.47. The number of nitrogens with one attached hydrogen (secondary N) is 1. The van der Waals surface area contributed by atoms with Crippen LogP contribution in [0, 0.1) is 5.41 Å². The van der Waals surface area contributed by atoms with Gasteiger partial charge >= 0.3 is 0 Å². The van der Waals surface area contributed by atoms with Crippen LogP contribution in [-0.4, -0.2) is 23.0 Å². The van der Waals surface area contributed by atoms with Crippen LogP contribution in [0.4, 0.5) is 0 Å². The molecule has 0 radical (unpaired) electrons. The second kappa shape index (κ2) is 9.67. The molecule has 1 N–H and O–H groups in total. The minimum atomic E-state index is -0.0590. The molecule has 4 heteroatoms. The van der Waals surface area contributed by atoms with Crippen molar-refractivity contribution in [1.29, 1.82) is 5.41 Å². The van der Waals surface area contributed by atoms with Crippen molar-refractivity contribution in [2.24, 2.45) is 9.98 Å². The van der Waals surface area contributed by atoms with E-state index < -0.39 is 0 Å². The maximum atomic E-state index is 8.51. The molecule has 5 aromatic rings. The lowest BCUT2D eigenvalue weighted by Crippen LogP contribution is -2.14. The molecular weight excluding hydrogens is 500 g/mol. The number of amidine groups is 2. The predicted octanol–water partition coefficient (Wildman–Crippen LogP) is 9.18. The molecule has 0 atom stereocenters. The van der Waals surface area contributed by atoms with Gasteiger partial charge in [0.1, 0.15) is 0 Å². The van der Waals surface area contributed by atoms with E-state index in [1.165, 1.54) is 49.8 Å². The Hall–Kier alpha value is -4.83. The van der Waals surface area contributed by atoms with Gasteiger partial charge in [0.05, 0.1) is 11.0 Å². The molecule has 1 aromatic heterocycles. The van der Waals surface area contributed by atoms with E-state index >= 15 is 0 Å². The van der Waals surface area contributed by atoms with Crippen molar-refractivity contribution in [3.8, 4) is 11.1 Å². The Kier molecular flexibility index (Phi) is 5.93. The Bertz CT molecular complexity index is 1960. The zero-order valence-corrected chi connectivity index (χ0v) is 23.5. The highest BCUT2D eigenvalue weighted by molar-refractivity contribution is 6.16. The van der Waals surface area contributed by atoms with E-state index in [9.17, 15) is 0 Å².